The Kier molecular flexibility index (Phi) is 6.14. The van der Waals surface area contributed by atoms with Crippen LogP contribution in [-0.2, 0) is 17.7 Å². The van der Waals surface area contributed by atoms with Crippen LogP contribution in [0, 0.1) is 5.92 Å². The predicted molar refractivity (Wildman–Crippen MR) is 127 cm³/mol. The topological polar surface area (TPSA) is 63.7 Å². The number of aromatic nitrogens is 1. The second-order valence-corrected chi connectivity index (χ2v) is 9.07. The Bertz CT molecular complexity index is 1060. The number of hydrogen-bond donors (Lipinski definition) is 1. The highest BCUT2D eigenvalue weighted by Crippen LogP contribution is 2.28. The highest BCUT2D eigenvalue weighted by Gasteiger charge is 2.23. The highest BCUT2D eigenvalue weighted by molar-refractivity contribution is 5.98. The maximum absolute atomic E-state index is 11.8. The highest BCUT2D eigenvalue weighted by atomic mass is 16.5. The first kappa shape index (κ1) is 21.0. The molecule has 1 aromatic heterocycles. The third kappa shape index (κ3) is 4.52. The molecule has 0 spiro atoms. The second kappa shape index (κ2) is 9.35. The van der Waals surface area contributed by atoms with E-state index in [0.717, 1.165) is 69.2 Å². The summed E-state index contributed by atoms with van der Waals surface area (Å²) in [7, 11) is 0. The van der Waals surface area contributed by atoms with Gasteiger partial charge in [-0.15, -0.1) is 0 Å². The van der Waals surface area contributed by atoms with E-state index in [4.69, 9.17) is 10.5 Å². The number of nitrogens with zero attached hydrogens (tertiary/aromatic N) is 3. The summed E-state index contributed by atoms with van der Waals surface area (Å²) in [6.07, 6.45) is 5.80. The van der Waals surface area contributed by atoms with Crippen LogP contribution in [0.15, 0.2) is 54.7 Å². The molecule has 32 heavy (non-hydrogen) atoms. The summed E-state index contributed by atoms with van der Waals surface area (Å²) in [5.74, 6) is 0.350. The monoisotopic (exact) mass is 432 g/mol. The van der Waals surface area contributed by atoms with E-state index < -0.39 is 0 Å². The lowest BCUT2D eigenvalue weighted by atomic mass is 9.91. The van der Waals surface area contributed by atoms with Crippen molar-refractivity contribution in [2.24, 2.45) is 11.7 Å². The van der Waals surface area contributed by atoms with Gasteiger partial charge in [0.1, 0.15) is 0 Å². The van der Waals surface area contributed by atoms with Crippen LogP contribution in [0.3, 0.4) is 0 Å². The number of hydrogen-bond acceptors (Lipinski definition) is 4. The molecule has 168 valence electrons. The number of morpholine rings is 1. The van der Waals surface area contributed by atoms with Crippen LogP contribution >= 0.6 is 0 Å². The van der Waals surface area contributed by atoms with Gasteiger partial charge in [-0.05, 0) is 54.5 Å². The van der Waals surface area contributed by atoms with E-state index >= 15 is 0 Å². The Morgan fingerprint density at radius 3 is 2.47 bits per heavy atom. The average molecular weight is 433 g/mol. The van der Waals surface area contributed by atoms with Gasteiger partial charge in [0.2, 0.25) is 5.91 Å². The lowest BCUT2D eigenvalue weighted by Crippen LogP contribution is -2.41. The zero-order valence-corrected chi connectivity index (χ0v) is 18.6. The first-order valence-electron chi connectivity index (χ1n) is 11.7. The van der Waals surface area contributed by atoms with E-state index in [1.165, 1.54) is 24.0 Å². The first-order valence-corrected chi connectivity index (χ1v) is 11.7. The van der Waals surface area contributed by atoms with Crippen molar-refractivity contribution in [1.29, 1.82) is 0 Å². The van der Waals surface area contributed by atoms with Crippen molar-refractivity contribution in [2.45, 2.75) is 25.8 Å². The molecule has 0 unspecified atom stereocenters. The molecular weight excluding hydrogens is 400 g/mol. The van der Waals surface area contributed by atoms with Crippen LogP contribution in [0.1, 0.15) is 34.3 Å². The second-order valence-electron chi connectivity index (χ2n) is 9.07. The van der Waals surface area contributed by atoms with Gasteiger partial charge in [-0.2, -0.15) is 0 Å². The fourth-order valence-electron chi connectivity index (χ4n) is 5.08. The molecule has 0 bridgehead atoms. The number of piperidine rings is 1. The Labute approximate surface area is 189 Å². The normalized spacial score (nSPS) is 18.3. The van der Waals surface area contributed by atoms with Crippen molar-refractivity contribution < 1.29 is 9.53 Å². The van der Waals surface area contributed by atoms with Gasteiger partial charge in [0.25, 0.3) is 0 Å². The minimum atomic E-state index is -0.376. The molecule has 2 saturated heterocycles. The fraction of sp³-hybridized carbons (Fsp3) is 0.423. The third-order valence-electron chi connectivity index (χ3n) is 6.91. The van der Waals surface area contributed by atoms with E-state index in [1.807, 2.05) is 18.2 Å². The van der Waals surface area contributed by atoms with Crippen molar-refractivity contribution in [3.63, 3.8) is 0 Å². The van der Waals surface area contributed by atoms with E-state index in [-0.39, 0.29) is 5.91 Å². The summed E-state index contributed by atoms with van der Waals surface area (Å²) in [6, 6.07) is 16.7. The predicted octanol–water partition coefficient (Wildman–Crippen LogP) is 3.16. The average Bonchev–Trinajstić information content (AvgIpc) is 3.18. The van der Waals surface area contributed by atoms with Crippen molar-refractivity contribution in [3.8, 4) is 0 Å². The SMILES string of the molecule is NC(=O)c1ccc2c(c1)c(CN1CCOCC1)cn2N1CCC(Cc2ccccc2)CC1. The van der Waals surface area contributed by atoms with Gasteiger partial charge in [-0.3, -0.25) is 14.4 Å². The first-order chi connectivity index (χ1) is 15.7. The van der Waals surface area contributed by atoms with Crippen molar-refractivity contribution in [3.05, 3.63) is 71.4 Å². The van der Waals surface area contributed by atoms with Crippen molar-refractivity contribution >= 4 is 16.8 Å². The Morgan fingerprint density at radius 2 is 1.75 bits per heavy atom. The van der Waals surface area contributed by atoms with Crippen LogP contribution in [0.2, 0.25) is 0 Å². The number of ether oxygens (including phenoxy) is 1. The van der Waals surface area contributed by atoms with Crippen molar-refractivity contribution in [2.75, 3.05) is 44.4 Å². The summed E-state index contributed by atoms with van der Waals surface area (Å²) < 4.78 is 7.83. The van der Waals surface area contributed by atoms with Gasteiger partial charge >= 0.3 is 0 Å². The van der Waals surface area contributed by atoms with E-state index in [9.17, 15) is 4.79 Å². The van der Waals surface area contributed by atoms with Crippen LogP contribution in [0.5, 0.6) is 0 Å². The number of carbonyl (C=O) groups is 1. The van der Waals surface area contributed by atoms with Crippen LogP contribution in [0.4, 0.5) is 0 Å². The molecule has 2 fully saturated rings. The zero-order valence-electron chi connectivity index (χ0n) is 18.6. The van der Waals surface area contributed by atoms with Gasteiger partial charge in [0, 0.05) is 49.9 Å². The fourth-order valence-corrected chi connectivity index (χ4v) is 5.08. The van der Waals surface area contributed by atoms with Gasteiger partial charge in [-0.1, -0.05) is 30.3 Å². The number of fused-ring (bicyclic) bond motifs is 1. The van der Waals surface area contributed by atoms with Crippen LogP contribution < -0.4 is 10.7 Å². The molecule has 6 nitrogen and oxygen atoms in total. The number of nitrogens with two attached hydrogens (primary N) is 1. The smallest absolute Gasteiger partial charge is 0.248 e. The summed E-state index contributed by atoms with van der Waals surface area (Å²) in [6.45, 7) is 6.37. The maximum atomic E-state index is 11.8. The van der Waals surface area contributed by atoms with Gasteiger partial charge in [0.05, 0.1) is 18.7 Å². The molecule has 2 aromatic carbocycles. The number of amides is 1. The number of primary amides is 1. The molecule has 0 atom stereocenters. The number of rotatable bonds is 6. The molecule has 3 aromatic rings. The van der Waals surface area contributed by atoms with E-state index in [1.54, 1.807) is 0 Å². The summed E-state index contributed by atoms with van der Waals surface area (Å²) in [4.78, 5) is 14.2. The molecule has 5 rings (SSSR count). The summed E-state index contributed by atoms with van der Waals surface area (Å²) in [5.41, 5.74) is 9.99. The lowest BCUT2D eigenvalue weighted by molar-refractivity contribution is 0.0343. The van der Waals surface area contributed by atoms with Crippen LogP contribution in [0.25, 0.3) is 10.9 Å². The molecule has 0 aliphatic carbocycles. The maximum Gasteiger partial charge on any atom is 0.248 e. The molecule has 1 amide bonds. The minimum absolute atomic E-state index is 0.376. The largest absolute Gasteiger partial charge is 0.379 e. The minimum Gasteiger partial charge on any atom is -0.379 e. The Balaban J connectivity index is 1.36. The molecular formula is C26H32N4O2. The Morgan fingerprint density at radius 1 is 1.00 bits per heavy atom. The van der Waals surface area contributed by atoms with E-state index in [0.29, 0.717) is 5.56 Å². The zero-order chi connectivity index (χ0) is 21.9. The lowest BCUT2D eigenvalue weighted by Gasteiger charge is -2.35. The van der Waals surface area contributed by atoms with Gasteiger partial charge < -0.3 is 15.5 Å². The molecule has 2 aliphatic rings. The standard InChI is InChI=1S/C26H32N4O2/c27-26(31)22-6-7-25-24(17-22)23(18-28-12-14-32-15-13-28)19-30(25)29-10-8-21(9-11-29)16-20-4-2-1-3-5-20/h1-7,17,19,21H,8-16,18H2,(H2,27,31). The summed E-state index contributed by atoms with van der Waals surface area (Å²) >= 11 is 0. The molecule has 2 aliphatic heterocycles. The molecule has 3 heterocycles. The quantitative estimate of drug-likeness (QED) is 0.650. The van der Waals surface area contributed by atoms with Gasteiger partial charge in [0.15, 0.2) is 0 Å². The molecule has 2 N–H and O–H groups in total. The molecule has 6 heteroatoms. The molecule has 0 saturated carbocycles. The van der Waals surface area contributed by atoms with Gasteiger partial charge in [-0.25, -0.2) is 0 Å². The summed E-state index contributed by atoms with van der Waals surface area (Å²) in [5, 5.41) is 3.58. The number of carbonyl (C=O) groups excluding carboxylic acids is 1. The Hall–Kier alpha value is -2.83. The van der Waals surface area contributed by atoms with Crippen LogP contribution in [-0.4, -0.2) is 54.9 Å². The van der Waals surface area contributed by atoms with Crippen molar-refractivity contribution in [1.82, 2.24) is 9.58 Å². The van der Waals surface area contributed by atoms with E-state index in [2.05, 4.69) is 51.1 Å². The number of benzene rings is 2. The molecule has 0 radical (unpaired) electrons. The third-order valence-corrected chi connectivity index (χ3v) is 6.91.